The molecule has 0 spiro atoms. The number of hydrogen-bond donors (Lipinski definition) is 0. The molecule has 0 amide bonds. The second-order valence-corrected chi connectivity index (χ2v) is 6.15. The van der Waals surface area contributed by atoms with E-state index in [0.29, 0.717) is 22.9 Å². The summed E-state index contributed by atoms with van der Waals surface area (Å²) in [5, 5.41) is 13.8. The van der Waals surface area contributed by atoms with Crippen molar-refractivity contribution in [1.82, 2.24) is 19.2 Å². The Morgan fingerprint density at radius 1 is 1.27 bits per heavy atom. The van der Waals surface area contributed by atoms with E-state index >= 15 is 0 Å². The number of aromatic nitrogens is 4. The van der Waals surface area contributed by atoms with Crippen molar-refractivity contribution in [1.29, 1.82) is 5.26 Å². The van der Waals surface area contributed by atoms with Gasteiger partial charge in [0.15, 0.2) is 5.75 Å². The molecular formula is C19H14ClN5O. The number of hydrogen-bond acceptors (Lipinski definition) is 4. The molecule has 4 aromatic rings. The molecule has 3 aromatic heterocycles. The highest BCUT2D eigenvalue weighted by Crippen LogP contribution is 2.25. The summed E-state index contributed by atoms with van der Waals surface area (Å²) in [5.74, 6) is 0.683. The summed E-state index contributed by atoms with van der Waals surface area (Å²) in [4.78, 5) is 4.27. The van der Waals surface area contributed by atoms with E-state index in [0.717, 1.165) is 22.7 Å². The van der Waals surface area contributed by atoms with E-state index in [2.05, 4.69) is 16.2 Å². The molecule has 6 nitrogen and oxygen atoms in total. The first-order valence-electron chi connectivity index (χ1n) is 7.96. The van der Waals surface area contributed by atoms with E-state index in [-0.39, 0.29) is 0 Å². The zero-order valence-corrected chi connectivity index (χ0v) is 14.7. The van der Waals surface area contributed by atoms with Crippen molar-refractivity contribution >= 4 is 17.2 Å². The maximum atomic E-state index is 8.99. The normalized spacial score (nSPS) is 10.8. The van der Waals surface area contributed by atoms with Gasteiger partial charge in [-0.2, -0.15) is 10.4 Å². The molecule has 0 radical (unpaired) electrons. The van der Waals surface area contributed by atoms with Crippen LogP contribution in [-0.2, 0) is 6.61 Å². The summed E-state index contributed by atoms with van der Waals surface area (Å²) in [6, 6.07) is 13.1. The second kappa shape index (κ2) is 6.54. The molecular weight excluding hydrogens is 350 g/mol. The minimum absolute atomic E-state index is 0.397. The van der Waals surface area contributed by atoms with Crippen molar-refractivity contribution in [3.05, 3.63) is 77.0 Å². The summed E-state index contributed by atoms with van der Waals surface area (Å²) >= 11 is 6.12. The third-order valence-corrected chi connectivity index (χ3v) is 4.48. The lowest BCUT2D eigenvalue weighted by atomic mass is 10.2. The Bertz CT molecular complexity index is 1140. The molecule has 0 aliphatic rings. The van der Waals surface area contributed by atoms with E-state index in [1.165, 1.54) is 0 Å². The molecule has 7 heteroatoms. The van der Waals surface area contributed by atoms with Crippen LogP contribution in [0.3, 0.4) is 0 Å². The van der Waals surface area contributed by atoms with Gasteiger partial charge in [0, 0.05) is 12.4 Å². The third-order valence-electron chi connectivity index (χ3n) is 4.17. The Hall–Kier alpha value is -3.30. The first-order chi connectivity index (χ1) is 12.7. The number of ether oxygens (including phenoxy) is 1. The van der Waals surface area contributed by atoms with Gasteiger partial charge in [0.25, 0.3) is 0 Å². The molecule has 4 rings (SSSR count). The average Bonchev–Trinajstić information content (AvgIpc) is 3.27. The van der Waals surface area contributed by atoms with Crippen LogP contribution >= 0.6 is 11.6 Å². The fourth-order valence-corrected chi connectivity index (χ4v) is 3.02. The van der Waals surface area contributed by atoms with Crippen LogP contribution in [0.2, 0.25) is 5.02 Å². The van der Waals surface area contributed by atoms with Gasteiger partial charge in [0.2, 0.25) is 0 Å². The summed E-state index contributed by atoms with van der Waals surface area (Å²) in [6.45, 7) is 2.32. The van der Waals surface area contributed by atoms with Crippen molar-refractivity contribution in [2.45, 2.75) is 13.5 Å². The van der Waals surface area contributed by atoms with Crippen molar-refractivity contribution in [2.24, 2.45) is 0 Å². The molecule has 0 N–H and O–H groups in total. The fourth-order valence-electron chi connectivity index (χ4n) is 2.80. The number of benzene rings is 1. The topological polar surface area (TPSA) is 68.1 Å². The third kappa shape index (κ3) is 2.79. The number of fused-ring (bicyclic) bond motifs is 1. The van der Waals surface area contributed by atoms with Crippen LogP contribution in [0.1, 0.15) is 17.0 Å². The fraction of sp³-hybridized carbons (Fsp3) is 0.105. The highest BCUT2D eigenvalue weighted by Gasteiger charge is 2.12. The number of imidazole rings is 1. The van der Waals surface area contributed by atoms with E-state index in [1.54, 1.807) is 35.3 Å². The van der Waals surface area contributed by atoms with Crippen molar-refractivity contribution in [3.63, 3.8) is 0 Å². The maximum Gasteiger partial charge on any atom is 0.161 e. The molecule has 128 valence electrons. The number of nitriles is 1. The first-order valence-corrected chi connectivity index (χ1v) is 8.33. The van der Waals surface area contributed by atoms with Crippen LogP contribution < -0.4 is 4.74 Å². The lowest BCUT2D eigenvalue weighted by molar-refractivity contribution is 0.297. The molecule has 0 saturated heterocycles. The molecule has 0 unspecified atom stereocenters. The Balaban J connectivity index is 1.59. The molecule has 0 aliphatic heterocycles. The number of rotatable bonds is 4. The van der Waals surface area contributed by atoms with Crippen molar-refractivity contribution < 1.29 is 4.74 Å². The van der Waals surface area contributed by atoms with Crippen LogP contribution in [-0.4, -0.2) is 19.2 Å². The highest BCUT2D eigenvalue weighted by atomic mass is 35.5. The van der Waals surface area contributed by atoms with Gasteiger partial charge < -0.3 is 9.14 Å². The number of halogens is 1. The van der Waals surface area contributed by atoms with E-state index in [9.17, 15) is 0 Å². The van der Waals surface area contributed by atoms with E-state index in [1.807, 2.05) is 35.7 Å². The standard InChI is InChI=1S/C19H14ClN5O/c1-13-18(26-12-16-3-2-4-19-22-7-8-24(16)19)11-23-25(13)15-6-5-14(10-21)17(20)9-15/h2-9,11H,12H2,1H3. The summed E-state index contributed by atoms with van der Waals surface area (Å²) < 4.78 is 9.68. The lowest BCUT2D eigenvalue weighted by Crippen LogP contribution is -2.03. The largest absolute Gasteiger partial charge is 0.484 e. The SMILES string of the molecule is Cc1c(OCc2cccc3nccn23)cnn1-c1ccc(C#N)c(Cl)c1. The number of nitrogens with zero attached hydrogens (tertiary/aromatic N) is 5. The monoisotopic (exact) mass is 363 g/mol. The van der Waals surface area contributed by atoms with E-state index in [4.69, 9.17) is 21.6 Å². The predicted octanol–water partition coefficient (Wildman–Crippen LogP) is 3.93. The lowest BCUT2D eigenvalue weighted by Gasteiger charge is -2.09. The molecule has 3 heterocycles. The van der Waals surface area contributed by atoms with Crippen molar-refractivity contribution in [2.75, 3.05) is 0 Å². The minimum Gasteiger partial charge on any atom is -0.484 e. The molecule has 0 atom stereocenters. The van der Waals surface area contributed by atoms with Crippen LogP contribution in [0.4, 0.5) is 0 Å². The second-order valence-electron chi connectivity index (χ2n) is 5.74. The Kier molecular flexibility index (Phi) is 4.07. The Morgan fingerprint density at radius 2 is 2.15 bits per heavy atom. The van der Waals surface area contributed by atoms with Gasteiger partial charge in [-0.15, -0.1) is 0 Å². The molecule has 0 saturated carbocycles. The smallest absolute Gasteiger partial charge is 0.161 e. The van der Waals surface area contributed by atoms with Gasteiger partial charge in [-0.3, -0.25) is 0 Å². The molecule has 26 heavy (non-hydrogen) atoms. The van der Waals surface area contributed by atoms with Crippen molar-refractivity contribution in [3.8, 4) is 17.5 Å². The quantitative estimate of drug-likeness (QED) is 0.551. The minimum atomic E-state index is 0.397. The maximum absolute atomic E-state index is 8.99. The molecule has 1 aromatic carbocycles. The number of pyridine rings is 1. The molecule has 0 aliphatic carbocycles. The summed E-state index contributed by atoms with van der Waals surface area (Å²) in [6.07, 6.45) is 5.34. The zero-order valence-electron chi connectivity index (χ0n) is 13.9. The van der Waals surface area contributed by atoms with Gasteiger partial charge in [-0.25, -0.2) is 9.67 Å². The molecule has 0 fully saturated rings. The van der Waals surface area contributed by atoms with Gasteiger partial charge in [-0.05, 0) is 37.3 Å². The molecule has 0 bridgehead atoms. The summed E-state index contributed by atoms with van der Waals surface area (Å²) in [7, 11) is 0. The van der Waals surface area contributed by atoms with Gasteiger partial charge in [0.05, 0.1) is 33.9 Å². The zero-order chi connectivity index (χ0) is 18.1. The van der Waals surface area contributed by atoms with Crippen LogP contribution in [0.15, 0.2) is 55.0 Å². The van der Waals surface area contributed by atoms with Gasteiger partial charge in [-0.1, -0.05) is 17.7 Å². The van der Waals surface area contributed by atoms with Crippen LogP contribution in [0.5, 0.6) is 5.75 Å². The van der Waals surface area contributed by atoms with Crippen LogP contribution in [0.25, 0.3) is 11.3 Å². The van der Waals surface area contributed by atoms with Gasteiger partial charge >= 0.3 is 0 Å². The van der Waals surface area contributed by atoms with Crippen LogP contribution in [0, 0.1) is 18.3 Å². The summed E-state index contributed by atoms with van der Waals surface area (Å²) in [5.41, 5.74) is 3.94. The first kappa shape index (κ1) is 16.2. The predicted molar refractivity (Wildman–Crippen MR) is 97.6 cm³/mol. The van der Waals surface area contributed by atoms with Gasteiger partial charge in [0.1, 0.15) is 18.3 Å². The highest BCUT2D eigenvalue weighted by molar-refractivity contribution is 6.31. The van der Waals surface area contributed by atoms with E-state index < -0.39 is 0 Å². The Labute approximate surface area is 154 Å². The Morgan fingerprint density at radius 3 is 2.96 bits per heavy atom. The average molecular weight is 364 g/mol.